The van der Waals surface area contributed by atoms with Gasteiger partial charge in [-0.25, -0.2) is 0 Å². The van der Waals surface area contributed by atoms with E-state index in [-0.39, 0.29) is 24.2 Å². The highest BCUT2D eigenvalue weighted by Crippen LogP contribution is 2.18. The highest BCUT2D eigenvalue weighted by molar-refractivity contribution is 5.85. The molecule has 1 aliphatic rings. The zero-order valence-electron chi connectivity index (χ0n) is 12.7. The Bertz CT molecular complexity index is 407. The Morgan fingerprint density at radius 3 is 2.57 bits per heavy atom. The summed E-state index contributed by atoms with van der Waals surface area (Å²) in [4.78, 5) is 14.7. The van der Waals surface area contributed by atoms with Gasteiger partial charge in [0.05, 0.1) is 5.92 Å². The van der Waals surface area contributed by atoms with Crippen molar-refractivity contribution in [2.75, 3.05) is 39.3 Å². The van der Waals surface area contributed by atoms with E-state index in [9.17, 15) is 4.79 Å². The number of carbonyl (C=O) groups is 1. The van der Waals surface area contributed by atoms with Crippen LogP contribution in [0.1, 0.15) is 24.8 Å². The van der Waals surface area contributed by atoms with Crippen molar-refractivity contribution >= 4 is 18.3 Å². The fourth-order valence-electron chi connectivity index (χ4n) is 2.65. The van der Waals surface area contributed by atoms with Gasteiger partial charge in [0.25, 0.3) is 0 Å². The van der Waals surface area contributed by atoms with Crippen molar-refractivity contribution in [3.8, 4) is 0 Å². The molecular formula is C16H26ClN3O. The van der Waals surface area contributed by atoms with Crippen LogP contribution in [0.5, 0.6) is 0 Å². The molecule has 0 spiro atoms. The monoisotopic (exact) mass is 311 g/mol. The number of piperazine rings is 1. The number of halogens is 1. The molecule has 118 valence electrons. The van der Waals surface area contributed by atoms with E-state index < -0.39 is 0 Å². The Labute approximate surface area is 133 Å². The summed E-state index contributed by atoms with van der Waals surface area (Å²) in [6, 6.07) is 10.0. The van der Waals surface area contributed by atoms with Gasteiger partial charge in [-0.2, -0.15) is 0 Å². The first-order chi connectivity index (χ1) is 9.81. The summed E-state index contributed by atoms with van der Waals surface area (Å²) < 4.78 is 0. The molecule has 5 heteroatoms. The van der Waals surface area contributed by atoms with Gasteiger partial charge in [-0.3, -0.25) is 9.69 Å². The van der Waals surface area contributed by atoms with Crippen LogP contribution in [-0.2, 0) is 4.79 Å². The van der Waals surface area contributed by atoms with Crippen molar-refractivity contribution in [3.05, 3.63) is 35.9 Å². The molecule has 1 unspecified atom stereocenters. The van der Waals surface area contributed by atoms with Crippen molar-refractivity contribution in [2.45, 2.75) is 19.3 Å². The molecule has 1 heterocycles. The minimum atomic E-state index is -0.0285. The summed E-state index contributed by atoms with van der Waals surface area (Å²) >= 11 is 0. The Balaban J connectivity index is 0.00000220. The summed E-state index contributed by atoms with van der Waals surface area (Å²) in [6.07, 6.45) is 0.837. The van der Waals surface area contributed by atoms with E-state index in [1.807, 2.05) is 30.3 Å². The van der Waals surface area contributed by atoms with Crippen molar-refractivity contribution in [1.82, 2.24) is 15.5 Å². The summed E-state index contributed by atoms with van der Waals surface area (Å²) in [5.41, 5.74) is 1.11. The van der Waals surface area contributed by atoms with Crippen LogP contribution < -0.4 is 10.6 Å². The lowest BCUT2D eigenvalue weighted by Crippen LogP contribution is -2.46. The SMILES string of the molecule is CCC(C(=O)NCCN1CCNCC1)c1ccccc1.Cl. The Morgan fingerprint density at radius 1 is 1.29 bits per heavy atom. The third-order valence-corrected chi connectivity index (χ3v) is 3.86. The molecule has 0 saturated carbocycles. The number of benzene rings is 1. The Hall–Kier alpha value is -1.10. The number of hydrogen-bond acceptors (Lipinski definition) is 3. The Kier molecular flexibility index (Phi) is 8.35. The second-order valence-corrected chi connectivity index (χ2v) is 5.25. The maximum Gasteiger partial charge on any atom is 0.227 e. The van der Waals surface area contributed by atoms with Crippen molar-refractivity contribution in [2.24, 2.45) is 0 Å². The number of nitrogens with one attached hydrogen (secondary N) is 2. The highest BCUT2D eigenvalue weighted by Gasteiger charge is 2.18. The molecule has 1 saturated heterocycles. The van der Waals surface area contributed by atoms with E-state index in [0.29, 0.717) is 0 Å². The molecule has 1 aromatic carbocycles. The number of carbonyl (C=O) groups excluding carboxylic acids is 1. The molecular weight excluding hydrogens is 286 g/mol. The average molecular weight is 312 g/mol. The lowest BCUT2D eigenvalue weighted by molar-refractivity contribution is -0.122. The number of amides is 1. The van der Waals surface area contributed by atoms with E-state index in [2.05, 4.69) is 22.5 Å². The first-order valence-electron chi connectivity index (χ1n) is 7.57. The molecule has 0 bridgehead atoms. The smallest absolute Gasteiger partial charge is 0.227 e. The van der Waals surface area contributed by atoms with E-state index in [0.717, 1.165) is 51.3 Å². The molecule has 1 amide bonds. The summed E-state index contributed by atoms with van der Waals surface area (Å²) in [7, 11) is 0. The van der Waals surface area contributed by atoms with Gasteiger partial charge < -0.3 is 10.6 Å². The number of nitrogens with zero attached hydrogens (tertiary/aromatic N) is 1. The molecule has 0 radical (unpaired) electrons. The van der Waals surface area contributed by atoms with Crippen LogP contribution in [0.2, 0.25) is 0 Å². The second kappa shape index (κ2) is 9.77. The summed E-state index contributed by atoms with van der Waals surface area (Å²) in [6.45, 7) is 8.00. The van der Waals surface area contributed by atoms with Gasteiger partial charge in [0.1, 0.15) is 0 Å². The van der Waals surface area contributed by atoms with E-state index in [1.165, 1.54) is 0 Å². The van der Waals surface area contributed by atoms with E-state index >= 15 is 0 Å². The van der Waals surface area contributed by atoms with E-state index in [1.54, 1.807) is 0 Å². The predicted octanol–water partition coefficient (Wildman–Crippen LogP) is 1.62. The summed E-state index contributed by atoms with van der Waals surface area (Å²) in [5.74, 6) is 0.119. The standard InChI is InChI=1S/C16H25N3O.ClH/c1-2-15(14-6-4-3-5-7-14)16(20)18-10-13-19-11-8-17-9-12-19;/h3-7,15,17H,2,8-13H2,1H3,(H,18,20);1H. The lowest BCUT2D eigenvalue weighted by Gasteiger charge is -2.27. The zero-order valence-corrected chi connectivity index (χ0v) is 13.5. The minimum absolute atomic E-state index is 0. The van der Waals surface area contributed by atoms with Crippen LogP contribution in [-0.4, -0.2) is 50.1 Å². The van der Waals surface area contributed by atoms with E-state index in [4.69, 9.17) is 0 Å². The fraction of sp³-hybridized carbons (Fsp3) is 0.562. The van der Waals surface area contributed by atoms with Crippen LogP contribution in [0.15, 0.2) is 30.3 Å². The van der Waals surface area contributed by atoms with Gasteiger partial charge in [0.2, 0.25) is 5.91 Å². The topological polar surface area (TPSA) is 44.4 Å². The molecule has 2 N–H and O–H groups in total. The van der Waals surface area contributed by atoms with Crippen LogP contribution in [0, 0.1) is 0 Å². The largest absolute Gasteiger partial charge is 0.354 e. The number of rotatable bonds is 6. The third-order valence-electron chi connectivity index (χ3n) is 3.86. The third kappa shape index (κ3) is 5.65. The molecule has 2 rings (SSSR count). The molecule has 21 heavy (non-hydrogen) atoms. The fourth-order valence-corrected chi connectivity index (χ4v) is 2.65. The zero-order chi connectivity index (χ0) is 14.2. The lowest BCUT2D eigenvalue weighted by atomic mass is 9.96. The van der Waals surface area contributed by atoms with Gasteiger partial charge in [-0.05, 0) is 12.0 Å². The second-order valence-electron chi connectivity index (χ2n) is 5.25. The normalized spacial score (nSPS) is 16.8. The molecule has 1 fully saturated rings. The van der Waals surface area contributed by atoms with Crippen LogP contribution >= 0.6 is 12.4 Å². The highest BCUT2D eigenvalue weighted by atomic mass is 35.5. The predicted molar refractivity (Wildman–Crippen MR) is 89.0 cm³/mol. The minimum Gasteiger partial charge on any atom is -0.354 e. The van der Waals surface area contributed by atoms with Crippen LogP contribution in [0.3, 0.4) is 0 Å². The van der Waals surface area contributed by atoms with Gasteiger partial charge in [0, 0.05) is 39.3 Å². The van der Waals surface area contributed by atoms with Crippen molar-refractivity contribution in [3.63, 3.8) is 0 Å². The first-order valence-corrected chi connectivity index (χ1v) is 7.57. The van der Waals surface area contributed by atoms with Crippen LogP contribution in [0.4, 0.5) is 0 Å². The maximum atomic E-state index is 12.3. The average Bonchev–Trinajstić information content (AvgIpc) is 2.50. The molecule has 1 aliphatic heterocycles. The molecule has 0 aromatic heterocycles. The molecule has 0 aliphatic carbocycles. The number of hydrogen-bond donors (Lipinski definition) is 2. The molecule has 1 aromatic rings. The maximum absolute atomic E-state index is 12.3. The van der Waals surface area contributed by atoms with Crippen LogP contribution in [0.25, 0.3) is 0 Å². The quantitative estimate of drug-likeness (QED) is 0.839. The first kappa shape index (κ1) is 18.0. The van der Waals surface area contributed by atoms with Gasteiger partial charge in [-0.15, -0.1) is 12.4 Å². The van der Waals surface area contributed by atoms with Crippen molar-refractivity contribution < 1.29 is 4.79 Å². The van der Waals surface area contributed by atoms with Gasteiger partial charge in [-0.1, -0.05) is 37.3 Å². The van der Waals surface area contributed by atoms with Crippen molar-refractivity contribution in [1.29, 1.82) is 0 Å². The Morgan fingerprint density at radius 2 is 1.95 bits per heavy atom. The molecule has 1 atom stereocenters. The summed E-state index contributed by atoms with van der Waals surface area (Å²) in [5, 5.41) is 6.41. The van der Waals surface area contributed by atoms with Gasteiger partial charge in [0.15, 0.2) is 0 Å². The molecule has 4 nitrogen and oxygen atoms in total. The van der Waals surface area contributed by atoms with Gasteiger partial charge >= 0.3 is 0 Å².